The smallest absolute Gasteiger partial charge is 0.462 e. The molecule has 17 nitrogen and oxygen atoms in total. The van der Waals surface area contributed by atoms with E-state index in [1.807, 2.05) is 0 Å². The number of phosphoric ester groups is 2. The van der Waals surface area contributed by atoms with E-state index >= 15 is 0 Å². The van der Waals surface area contributed by atoms with Crippen molar-refractivity contribution < 1.29 is 80.2 Å². The molecule has 0 radical (unpaired) electrons. The van der Waals surface area contributed by atoms with E-state index in [0.29, 0.717) is 31.6 Å². The third-order valence-electron chi connectivity index (χ3n) is 22.0. The van der Waals surface area contributed by atoms with Crippen LogP contribution in [0.5, 0.6) is 0 Å². The lowest BCUT2D eigenvalue weighted by Crippen LogP contribution is -2.30. The van der Waals surface area contributed by atoms with Gasteiger partial charge in [-0.3, -0.25) is 37.3 Å². The number of unbranched alkanes of at least 4 members (excludes halogenated alkanes) is 65. The van der Waals surface area contributed by atoms with Crippen LogP contribution in [0.15, 0.2) is 0 Å². The molecule has 0 saturated heterocycles. The molecule has 0 heterocycles. The lowest BCUT2D eigenvalue weighted by atomic mass is 10.0. The first-order chi connectivity index (χ1) is 54.5. The van der Waals surface area contributed by atoms with Crippen LogP contribution in [0.3, 0.4) is 0 Å². The Morgan fingerprint density at radius 1 is 0.241 bits per heavy atom. The fourth-order valence-corrected chi connectivity index (χ4v) is 16.3. The van der Waals surface area contributed by atoms with Crippen molar-refractivity contribution in [1.29, 1.82) is 0 Å². The van der Waals surface area contributed by atoms with Gasteiger partial charge in [-0.25, -0.2) is 9.13 Å². The average molecular weight is 1630 g/mol. The molecule has 0 bridgehead atoms. The number of aliphatic hydroxyl groups is 1. The highest BCUT2D eigenvalue weighted by atomic mass is 31.2. The minimum absolute atomic E-state index is 0.108. The van der Waals surface area contributed by atoms with Crippen molar-refractivity contribution in [3.63, 3.8) is 0 Å². The molecule has 0 aromatic rings. The molecule has 0 spiro atoms. The zero-order chi connectivity index (χ0) is 81.8. The summed E-state index contributed by atoms with van der Waals surface area (Å²) >= 11 is 0. The van der Waals surface area contributed by atoms with Gasteiger partial charge in [-0.2, -0.15) is 0 Å². The lowest BCUT2D eigenvalue weighted by molar-refractivity contribution is -0.161. The Morgan fingerprint density at radius 3 is 0.607 bits per heavy atom. The van der Waals surface area contributed by atoms with Gasteiger partial charge in [0.05, 0.1) is 26.4 Å². The second-order valence-electron chi connectivity index (χ2n) is 33.9. The number of hydrogen-bond acceptors (Lipinski definition) is 15. The first-order valence-electron chi connectivity index (χ1n) is 48.1. The van der Waals surface area contributed by atoms with Crippen molar-refractivity contribution in [2.75, 3.05) is 39.6 Å². The van der Waals surface area contributed by atoms with Crippen LogP contribution in [-0.4, -0.2) is 96.7 Å². The monoisotopic (exact) mass is 1630 g/mol. The van der Waals surface area contributed by atoms with Crippen LogP contribution in [0.2, 0.25) is 0 Å². The molecule has 0 aliphatic heterocycles. The Morgan fingerprint density at radius 2 is 0.411 bits per heavy atom. The summed E-state index contributed by atoms with van der Waals surface area (Å²) in [6.07, 6.45) is 82.5. The second-order valence-corrected chi connectivity index (χ2v) is 36.8. The molecular formula is C93H182O17P2. The van der Waals surface area contributed by atoms with E-state index in [1.165, 1.54) is 327 Å². The van der Waals surface area contributed by atoms with Crippen molar-refractivity contribution in [2.24, 2.45) is 5.92 Å². The molecular weight excluding hydrogens is 1450 g/mol. The van der Waals surface area contributed by atoms with Gasteiger partial charge >= 0.3 is 39.5 Å². The standard InChI is InChI=1S/C93H182O17P2/c1-6-9-12-15-18-21-24-27-30-33-36-39-42-45-48-51-54-57-60-66-71-76-90(95)103-82-88(109-92(97)78-73-68-61-58-55-52-49-46-43-40-37-34-31-28-25-22-19-16-13-10-7-2)84-107-111(99,100)105-80-87(94)81-106-112(101,102)108-85-89(83-104-91(96)77-72-67-64-63-65-70-75-86(4)5)110-93(98)79-74-69-62-59-56-53-50-47-44-41-38-35-32-29-26-23-20-17-14-11-8-3/h86-89,94H,6-85H2,1-5H3,(H,99,100)(H,101,102)/t87-,88-,89-/m1/s1. The summed E-state index contributed by atoms with van der Waals surface area (Å²) in [6, 6.07) is 0. The summed E-state index contributed by atoms with van der Waals surface area (Å²) in [7, 11) is -9.94. The Bertz CT molecular complexity index is 2120. The summed E-state index contributed by atoms with van der Waals surface area (Å²) in [5, 5.41) is 10.7. The molecule has 0 saturated carbocycles. The van der Waals surface area contributed by atoms with E-state index in [2.05, 4.69) is 34.6 Å². The van der Waals surface area contributed by atoms with E-state index < -0.39 is 97.5 Å². The van der Waals surface area contributed by atoms with Gasteiger partial charge in [0.1, 0.15) is 19.3 Å². The summed E-state index contributed by atoms with van der Waals surface area (Å²) in [4.78, 5) is 73.4. The molecule has 3 N–H and O–H groups in total. The fraction of sp³-hybridized carbons (Fsp3) is 0.957. The number of carbonyl (C=O) groups excluding carboxylic acids is 4. The van der Waals surface area contributed by atoms with Gasteiger partial charge in [0.15, 0.2) is 12.2 Å². The van der Waals surface area contributed by atoms with E-state index in [9.17, 15) is 43.2 Å². The number of esters is 4. The number of rotatable bonds is 93. The molecule has 0 aromatic carbocycles. The van der Waals surface area contributed by atoms with Crippen LogP contribution < -0.4 is 0 Å². The quantitative estimate of drug-likeness (QED) is 0.0222. The summed E-state index contributed by atoms with van der Waals surface area (Å²) < 4.78 is 69.1. The van der Waals surface area contributed by atoms with Crippen LogP contribution in [0.1, 0.15) is 510 Å². The number of carbonyl (C=O) groups is 4. The highest BCUT2D eigenvalue weighted by Crippen LogP contribution is 2.45. The van der Waals surface area contributed by atoms with Crippen LogP contribution in [0, 0.1) is 5.92 Å². The second kappa shape index (κ2) is 85.5. The predicted molar refractivity (Wildman–Crippen MR) is 465 cm³/mol. The van der Waals surface area contributed by atoms with E-state index in [-0.39, 0.29) is 25.7 Å². The minimum atomic E-state index is -4.97. The van der Waals surface area contributed by atoms with Crippen molar-refractivity contribution in [2.45, 2.75) is 528 Å². The van der Waals surface area contributed by atoms with E-state index in [0.717, 1.165) is 96.3 Å². The molecule has 0 rings (SSSR count). The molecule has 0 aliphatic rings. The van der Waals surface area contributed by atoms with Gasteiger partial charge in [0.25, 0.3) is 0 Å². The van der Waals surface area contributed by atoms with Crippen LogP contribution in [0.25, 0.3) is 0 Å². The maximum atomic E-state index is 13.2. The number of hydrogen-bond donors (Lipinski definition) is 3. The van der Waals surface area contributed by atoms with Crippen molar-refractivity contribution in [3.8, 4) is 0 Å². The van der Waals surface area contributed by atoms with Gasteiger partial charge in [0.2, 0.25) is 0 Å². The molecule has 19 heteroatoms. The molecule has 0 aromatic heterocycles. The van der Waals surface area contributed by atoms with E-state index in [1.54, 1.807) is 0 Å². The maximum Gasteiger partial charge on any atom is 0.472 e. The molecule has 112 heavy (non-hydrogen) atoms. The molecule has 2 unspecified atom stereocenters. The molecule has 666 valence electrons. The zero-order valence-electron chi connectivity index (χ0n) is 73.8. The Kier molecular flexibility index (Phi) is 84.0. The highest BCUT2D eigenvalue weighted by molar-refractivity contribution is 7.47. The molecule has 5 atom stereocenters. The van der Waals surface area contributed by atoms with Gasteiger partial charge in [0, 0.05) is 25.7 Å². The topological polar surface area (TPSA) is 237 Å². The SMILES string of the molecule is CCCCCCCCCCCCCCCCCCCCCCCC(=O)OC[C@H](COP(=O)(O)OC[C@@H](O)COP(=O)(O)OC[C@@H](COC(=O)CCCCCCCCC(C)C)OC(=O)CCCCCCCCCCCCCCCCCCCCCCC)OC(=O)CCCCCCCCCCCCCCCCCCCCCCC. The lowest BCUT2D eigenvalue weighted by Gasteiger charge is -2.21. The van der Waals surface area contributed by atoms with Crippen LogP contribution >= 0.6 is 15.6 Å². The van der Waals surface area contributed by atoms with Crippen molar-refractivity contribution in [3.05, 3.63) is 0 Å². The molecule has 0 amide bonds. The van der Waals surface area contributed by atoms with Crippen molar-refractivity contribution in [1.82, 2.24) is 0 Å². The third-order valence-corrected chi connectivity index (χ3v) is 23.9. The molecule has 0 aliphatic carbocycles. The van der Waals surface area contributed by atoms with Crippen molar-refractivity contribution >= 4 is 39.5 Å². The summed E-state index contributed by atoms with van der Waals surface area (Å²) in [5.41, 5.74) is 0. The van der Waals surface area contributed by atoms with Gasteiger partial charge in [-0.1, -0.05) is 458 Å². The third kappa shape index (κ3) is 85.9. The zero-order valence-corrected chi connectivity index (χ0v) is 75.6. The van der Waals surface area contributed by atoms with Gasteiger partial charge < -0.3 is 33.8 Å². The number of phosphoric acid groups is 2. The Hall–Kier alpha value is -1.94. The highest BCUT2D eigenvalue weighted by Gasteiger charge is 2.31. The fourth-order valence-electron chi connectivity index (χ4n) is 14.7. The van der Waals surface area contributed by atoms with Crippen LogP contribution in [-0.2, 0) is 65.4 Å². The molecule has 0 fully saturated rings. The largest absolute Gasteiger partial charge is 0.472 e. The Balaban J connectivity index is 5.18. The summed E-state index contributed by atoms with van der Waals surface area (Å²) in [5.74, 6) is -1.42. The minimum Gasteiger partial charge on any atom is -0.462 e. The predicted octanol–water partition coefficient (Wildman–Crippen LogP) is 29.1. The first-order valence-corrected chi connectivity index (χ1v) is 51.1. The first kappa shape index (κ1) is 110. The average Bonchev–Trinajstić information content (AvgIpc) is 0.897. The van der Waals surface area contributed by atoms with Crippen LogP contribution in [0.4, 0.5) is 0 Å². The number of aliphatic hydroxyl groups excluding tert-OH is 1. The maximum absolute atomic E-state index is 13.2. The number of ether oxygens (including phenoxy) is 4. The van der Waals surface area contributed by atoms with Gasteiger partial charge in [-0.05, 0) is 31.6 Å². The van der Waals surface area contributed by atoms with E-state index in [4.69, 9.17) is 37.0 Å². The Labute approximate surface area is 689 Å². The normalized spacial score (nSPS) is 13.7. The summed E-state index contributed by atoms with van der Waals surface area (Å²) in [6.45, 7) is 7.32. The van der Waals surface area contributed by atoms with Gasteiger partial charge in [-0.15, -0.1) is 0 Å².